The van der Waals surface area contributed by atoms with Gasteiger partial charge in [0.15, 0.2) is 0 Å². The molecule has 1 saturated heterocycles. The van der Waals surface area contributed by atoms with Crippen LogP contribution in [-0.2, 0) is 16.0 Å². The fourth-order valence-electron chi connectivity index (χ4n) is 2.41. The van der Waals surface area contributed by atoms with Gasteiger partial charge in [-0.2, -0.15) is 0 Å². The lowest BCUT2D eigenvalue weighted by atomic mass is 10.2. The second kappa shape index (κ2) is 7.73. The fourth-order valence-corrected chi connectivity index (χ4v) is 3.12. The Kier molecular flexibility index (Phi) is 5.97. The summed E-state index contributed by atoms with van der Waals surface area (Å²) >= 11 is 1.71. The van der Waals surface area contributed by atoms with Crippen LogP contribution in [0.4, 0.5) is 0 Å². The van der Waals surface area contributed by atoms with Gasteiger partial charge in [0.25, 0.3) is 0 Å². The highest BCUT2D eigenvalue weighted by atomic mass is 32.1. The number of aliphatic hydroxyl groups is 1. The van der Waals surface area contributed by atoms with Gasteiger partial charge in [0.2, 0.25) is 5.91 Å². The molecule has 0 saturated carbocycles. The molecule has 112 valence electrons. The Morgan fingerprint density at radius 1 is 1.60 bits per heavy atom. The van der Waals surface area contributed by atoms with Gasteiger partial charge in [-0.3, -0.25) is 9.69 Å². The summed E-state index contributed by atoms with van der Waals surface area (Å²) in [5.74, 6) is 0.0346. The average Bonchev–Trinajstić information content (AvgIpc) is 2.91. The van der Waals surface area contributed by atoms with Crippen LogP contribution in [0.2, 0.25) is 0 Å². The summed E-state index contributed by atoms with van der Waals surface area (Å²) < 4.78 is 5.56. The summed E-state index contributed by atoms with van der Waals surface area (Å²) in [4.78, 5) is 15.2. The van der Waals surface area contributed by atoms with Crippen LogP contribution in [0.5, 0.6) is 0 Å². The molecule has 5 nitrogen and oxygen atoms in total. The maximum atomic E-state index is 11.9. The molecule has 1 fully saturated rings. The van der Waals surface area contributed by atoms with Gasteiger partial charge in [0.1, 0.15) is 0 Å². The van der Waals surface area contributed by atoms with E-state index >= 15 is 0 Å². The molecule has 6 heteroatoms. The minimum atomic E-state index is -0.183. The van der Waals surface area contributed by atoms with Crippen molar-refractivity contribution in [2.24, 2.45) is 0 Å². The summed E-state index contributed by atoms with van der Waals surface area (Å²) in [7, 11) is 0. The van der Waals surface area contributed by atoms with Crippen LogP contribution in [0.15, 0.2) is 17.5 Å². The molecule has 2 atom stereocenters. The van der Waals surface area contributed by atoms with E-state index in [2.05, 4.69) is 11.4 Å². The van der Waals surface area contributed by atoms with E-state index in [4.69, 9.17) is 9.84 Å². The molecule has 1 aliphatic rings. The van der Waals surface area contributed by atoms with Crippen LogP contribution in [0, 0.1) is 0 Å². The summed E-state index contributed by atoms with van der Waals surface area (Å²) in [5.41, 5.74) is 0. The molecule has 2 N–H and O–H groups in total. The van der Waals surface area contributed by atoms with Crippen molar-refractivity contribution in [2.45, 2.75) is 25.6 Å². The molecule has 1 aromatic rings. The normalized spacial score (nSPS) is 23.7. The van der Waals surface area contributed by atoms with Crippen LogP contribution in [0.3, 0.4) is 0 Å². The Morgan fingerprint density at radius 2 is 2.45 bits per heavy atom. The highest BCUT2D eigenvalue weighted by molar-refractivity contribution is 7.09. The molecule has 2 rings (SSSR count). The first kappa shape index (κ1) is 15.4. The number of morpholine rings is 1. The first-order valence-electron chi connectivity index (χ1n) is 6.95. The lowest BCUT2D eigenvalue weighted by Gasteiger charge is -2.35. The fraction of sp³-hybridized carbons (Fsp3) is 0.643. The number of hydrogen-bond acceptors (Lipinski definition) is 5. The number of ether oxygens (including phenoxy) is 1. The average molecular weight is 298 g/mol. The molecule has 20 heavy (non-hydrogen) atoms. The second-order valence-electron chi connectivity index (χ2n) is 5.12. The highest BCUT2D eigenvalue weighted by Crippen LogP contribution is 2.10. The number of carbonyl (C=O) groups excluding carboxylic acids is 1. The molecule has 0 radical (unpaired) electrons. The van der Waals surface area contributed by atoms with Gasteiger partial charge in [-0.15, -0.1) is 11.3 Å². The Morgan fingerprint density at radius 3 is 3.15 bits per heavy atom. The Labute approximate surface area is 123 Å². The highest BCUT2D eigenvalue weighted by Gasteiger charge is 2.25. The number of thiophene rings is 1. The zero-order valence-corrected chi connectivity index (χ0v) is 12.6. The quantitative estimate of drug-likeness (QED) is 0.802. The molecule has 0 spiro atoms. The Balaban J connectivity index is 1.68. The molecule has 0 aromatic carbocycles. The number of rotatable bonds is 6. The summed E-state index contributed by atoms with van der Waals surface area (Å²) in [6.07, 6.45) is 0.750. The second-order valence-corrected chi connectivity index (χ2v) is 6.16. The predicted octanol–water partition coefficient (Wildman–Crippen LogP) is 0.488. The van der Waals surface area contributed by atoms with E-state index in [1.807, 2.05) is 23.3 Å². The topological polar surface area (TPSA) is 61.8 Å². The third kappa shape index (κ3) is 4.86. The summed E-state index contributed by atoms with van der Waals surface area (Å²) in [6, 6.07) is 4.10. The van der Waals surface area contributed by atoms with Crippen molar-refractivity contribution >= 4 is 17.2 Å². The Hall–Kier alpha value is -0.950. The minimum absolute atomic E-state index is 0.000830. The van der Waals surface area contributed by atoms with E-state index in [0.29, 0.717) is 19.6 Å². The van der Waals surface area contributed by atoms with Crippen molar-refractivity contribution < 1.29 is 14.6 Å². The van der Waals surface area contributed by atoms with Crippen molar-refractivity contribution in [1.82, 2.24) is 10.2 Å². The summed E-state index contributed by atoms with van der Waals surface area (Å²) in [6.45, 7) is 4.34. The third-order valence-electron chi connectivity index (χ3n) is 3.25. The molecular formula is C14H22N2O3S. The van der Waals surface area contributed by atoms with Gasteiger partial charge in [0.05, 0.1) is 25.4 Å². The van der Waals surface area contributed by atoms with E-state index in [1.165, 1.54) is 4.88 Å². The van der Waals surface area contributed by atoms with Crippen molar-refractivity contribution in [2.75, 3.05) is 32.8 Å². The van der Waals surface area contributed by atoms with Crippen molar-refractivity contribution in [1.29, 1.82) is 0 Å². The van der Waals surface area contributed by atoms with Gasteiger partial charge in [-0.05, 0) is 24.8 Å². The number of amides is 1. The van der Waals surface area contributed by atoms with Gasteiger partial charge in [-0.1, -0.05) is 6.07 Å². The van der Waals surface area contributed by atoms with Crippen molar-refractivity contribution in [3.63, 3.8) is 0 Å². The largest absolute Gasteiger partial charge is 0.394 e. The predicted molar refractivity (Wildman–Crippen MR) is 78.9 cm³/mol. The maximum absolute atomic E-state index is 11.9. The number of aliphatic hydroxyl groups excluding tert-OH is 1. The van der Waals surface area contributed by atoms with E-state index in [1.54, 1.807) is 11.3 Å². The van der Waals surface area contributed by atoms with Gasteiger partial charge < -0.3 is 15.2 Å². The smallest absolute Gasteiger partial charge is 0.234 e. The SMILES string of the molecule is CC1CN(CC(=O)NCCc2cccs2)CC(CO)O1. The van der Waals surface area contributed by atoms with E-state index in [-0.39, 0.29) is 24.7 Å². The van der Waals surface area contributed by atoms with Crippen LogP contribution < -0.4 is 5.32 Å². The van der Waals surface area contributed by atoms with Gasteiger partial charge in [0, 0.05) is 24.5 Å². The third-order valence-corrected chi connectivity index (χ3v) is 4.18. The zero-order chi connectivity index (χ0) is 14.4. The maximum Gasteiger partial charge on any atom is 0.234 e. The lowest BCUT2D eigenvalue weighted by Crippen LogP contribution is -2.51. The van der Waals surface area contributed by atoms with E-state index in [0.717, 1.165) is 13.0 Å². The number of carbonyl (C=O) groups is 1. The van der Waals surface area contributed by atoms with Crippen molar-refractivity contribution in [3.05, 3.63) is 22.4 Å². The van der Waals surface area contributed by atoms with E-state index < -0.39 is 0 Å². The number of nitrogens with zero attached hydrogens (tertiary/aromatic N) is 1. The zero-order valence-electron chi connectivity index (χ0n) is 11.7. The minimum Gasteiger partial charge on any atom is -0.394 e. The number of hydrogen-bond donors (Lipinski definition) is 2. The standard InChI is InChI=1S/C14H22N2O3S/c1-11-7-16(8-12(10-17)19-11)9-14(18)15-5-4-13-3-2-6-20-13/h2-3,6,11-12,17H,4-5,7-10H2,1H3,(H,15,18). The first-order valence-corrected chi connectivity index (χ1v) is 7.83. The van der Waals surface area contributed by atoms with Crippen LogP contribution in [-0.4, -0.2) is 60.9 Å². The molecular weight excluding hydrogens is 276 g/mol. The lowest BCUT2D eigenvalue weighted by molar-refractivity contribution is -0.128. The van der Waals surface area contributed by atoms with Crippen LogP contribution >= 0.6 is 11.3 Å². The first-order chi connectivity index (χ1) is 9.67. The number of nitrogens with one attached hydrogen (secondary N) is 1. The molecule has 1 aliphatic heterocycles. The monoisotopic (exact) mass is 298 g/mol. The molecule has 2 heterocycles. The Bertz CT molecular complexity index is 411. The summed E-state index contributed by atoms with van der Waals surface area (Å²) in [5, 5.41) is 14.1. The van der Waals surface area contributed by atoms with Crippen LogP contribution in [0.25, 0.3) is 0 Å². The van der Waals surface area contributed by atoms with Gasteiger partial charge in [-0.25, -0.2) is 0 Å². The molecule has 0 bridgehead atoms. The molecule has 1 amide bonds. The van der Waals surface area contributed by atoms with Gasteiger partial charge >= 0.3 is 0 Å². The van der Waals surface area contributed by atoms with E-state index in [9.17, 15) is 4.79 Å². The molecule has 1 aromatic heterocycles. The molecule has 0 aliphatic carbocycles. The van der Waals surface area contributed by atoms with Crippen LogP contribution in [0.1, 0.15) is 11.8 Å². The molecule has 2 unspecified atom stereocenters. The van der Waals surface area contributed by atoms with Crippen molar-refractivity contribution in [3.8, 4) is 0 Å².